The van der Waals surface area contributed by atoms with Crippen LogP contribution < -0.4 is 10.1 Å². The highest BCUT2D eigenvalue weighted by atomic mass is 32.1. The largest absolute Gasteiger partial charge is 0.480 e. The first kappa shape index (κ1) is 22.8. The van der Waals surface area contributed by atoms with E-state index in [2.05, 4.69) is 5.32 Å². The zero-order valence-electron chi connectivity index (χ0n) is 17.7. The monoisotopic (exact) mass is 474 g/mol. The van der Waals surface area contributed by atoms with Gasteiger partial charge in [-0.05, 0) is 53.8 Å². The number of hydrogen-bond acceptors (Lipinski definition) is 4. The molecule has 0 spiro atoms. The molecule has 1 atom stereocenters. The SMILES string of the molecule is CC[C@H]1Oc2ccc(NC(=O)c3cccs3)cc2CN(Cc2cccc(C(F)(F)F)c2)C1=O. The normalized spacial score (nSPS) is 16.1. The maximum Gasteiger partial charge on any atom is 0.416 e. The van der Waals surface area contributed by atoms with Crippen molar-refractivity contribution >= 4 is 28.8 Å². The third kappa shape index (κ3) is 5.19. The van der Waals surface area contributed by atoms with E-state index in [0.29, 0.717) is 33.9 Å². The van der Waals surface area contributed by atoms with E-state index in [4.69, 9.17) is 4.74 Å². The number of benzene rings is 2. The molecule has 0 unspecified atom stereocenters. The van der Waals surface area contributed by atoms with Gasteiger partial charge in [-0.25, -0.2) is 0 Å². The highest BCUT2D eigenvalue weighted by molar-refractivity contribution is 7.12. The van der Waals surface area contributed by atoms with Gasteiger partial charge in [0.05, 0.1) is 10.4 Å². The fourth-order valence-corrected chi connectivity index (χ4v) is 4.26. The van der Waals surface area contributed by atoms with E-state index in [-0.39, 0.29) is 24.9 Å². The van der Waals surface area contributed by atoms with Gasteiger partial charge in [-0.15, -0.1) is 11.3 Å². The predicted molar refractivity (Wildman–Crippen MR) is 119 cm³/mol. The average molecular weight is 475 g/mol. The van der Waals surface area contributed by atoms with Crippen LogP contribution >= 0.6 is 11.3 Å². The first-order valence-electron chi connectivity index (χ1n) is 10.3. The lowest BCUT2D eigenvalue weighted by Crippen LogP contribution is -2.38. The van der Waals surface area contributed by atoms with Crippen molar-refractivity contribution in [3.63, 3.8) is 0 Å². The molecular weight excluding hydrogens is 453 g/mol. The Bertz CT molecular complexity index is 1160. The van der Waals surface area contributed by atoms with E-state index >= 15 is 0 Å². The van der Waals surface area contributed by atoms with Gasteiger partial charge in [-0.3, -0.25) is 9.59 Å². The molecule has 0 saturated heterocycles. The molecule has 3 aromatic rings. The van der Waals surface area contributed by atoms with Crippen LogP contribution in [-0.4, -0.2) is 22.8 Å². The number of hydrogen-bond donors (Lipinski definition) is 1. The van der Waals surface area contributed by atoms with Crippen molar-refractivity contribution in [3.05, 3.63) is 81.5 Å². The van der Waals surface area contributed by atoms with Crippen molar-refractivity contribution in [3.8, 4) is 5.75 Å². The van der Waals surface area contributed by atoms with E-state index in [9.17, 15) is 22.8 Å². The second-order valence-corrected chi connectivity index (χ2v) is 8.61. The first-order chi connectivity index (χ1) is 15.7. The fraction of sp³-hybridized carbons (Fsp3) is 0.250. The average Bonchev–Trinajstić information content (AvgIpc) is 3.28. The molecule has 1 N–H and O–H groups in total. The van der Waals surface area contributed by atoms with Gasteiger partial charge in [0.1, 0.15) is 5.75 Å². The van der Waals surface area contributed by atoms with Crippen molar-refractivity contribution in [2.75, 3.05) is 5.32 Å². The third-order valence-electron chi connectivity index (χ3n) is 5.28. The summed E-state index contributed by atoms with van der Waals surface area (Å²) in [5.74, 6) is -0.0334. The van der Waals surface area contributed by atoms with E-state index in [0.717, 1.165) is 12.1 Å². The summed E-state index contributed by atoms with van der Waals surface area (Å²) < 4.78 is 45.3. The molecule has 1 aliphatic heterocycles. The van der Waals surface area contributed by atoms with Crippen LogP contribution in [0.25, 0.3) is 0 Å². The van der Waals surface area contributed by atoms with Crippen LogP contribution in [0.2, 0.25) is 0 Å². The van der Waals surface area contributed by atoms with E-state index in [1.807, 2.05) is 12.3 Å². The minimum Gasteiger partial charge on any atom is -0.480 e. The van der Waals surface area contributed by atoms with Gasteiger partial charge in [-0.1, -0.05) is 25.1 Å². The number of fused-ring (bicyclic) bond motifs is 1. The number of rotatable bonds is 5. The van der Waals surface area contributed by atoms with Gasteiger partial charge in [0.2, 0.25) is 0 Å². The Morgan fingerprint density at radius 1 is 1.18 bits per heavy atom. The zero-order valence-corrected chi connectivity index (χ0v) is 18.5. The quantitative estimate of drug-likeness (QED) is 0.515. The minimum atomic E-state index is -4.46. The number of thiophene rings is 1. The lowest BCUT2D eigenvalue weighted by atomic mass is 10.1. The number of ether oxygens (including phenoxy) is 1. The summed E-state index contributed by atoms with van der Waals surface area (Å²) in [6.45, 7) is 1.96. The van der Waals surface area contributed by atoms with Gasteiger partial charge in [0.25, 0.3) is 11.8 Å². The summed E-state index contributed by atoms with van der Waals surface area (Å²) >= 11 is 1.32. The molecule has 1 aromatic heterocycles. The number of alkyl halides is 3. The van der Waals surface area contributed by atoms with Gasteiger partial charge in [0, 0.05) is 24.3 Å². The molecule has 5 nitrogen and oxygen atoms in total. The molecule has 4 rings (SSSR count). The van der Waals surface area contributed by atoms with Crippen molar-refractivity contribution in [1.82, 2.24) is 4.90 Å². The Labute approximate surface area is 192 Å². The van der Waals surface area contributed by atoms with Gasteiger partial charge >= 0.3 is 6.18 Å². The minimum absolute atomic E-state index is 0.00777. The number of nitrogens with one attached hydrogen (secondary N) is 1. The molecule has 1 aliphatic rings. The lowest BCUT2D eigenvalue weighted by Gasteiger charge is -2.23. The predicted octanol–water partition coefficient (Wildman–Crippen LogP) is 5.72. The van der Waals surface area contributed by atoms with Crippen LogP contribution in [0.4, 0.5) is 18.9 Å². The van der Waals surface area contributed by atoms with Crippen molar-refractivity contribution in [1.29, 1.82) is 0 Å². The molecular formula is C24H21F3N2O3S. The Morgan fingerprint density at radius 2 is 2.00 bits per heavy atom. The van der Waals surface area contributed by atoms with Gasteiger partial charge < -0.3 is 15.0 Å². The van der Waals surface area contributed by atoms with Crippen LogP contribution in [0, 0.1) is 0 Å². The second kappa shape index (κ2) is 9.27. The number of carbonyl (C=O) groups is 2. The summed E-state index contributed by atoms with van der Waals surface area (Å²) in [6, 6.07) is 13.6. The Hall–Kier alpha value is -3.33. The molecule has 0 bridgehead atoms. The van der Waals surface area contributed by atoms with Crippen LogP contribution in [-0.2, 0) is 24.1 Å². The second-order valence-electron chi connectivity index (χ2n) is 7.66. The third-order valence-corrected chi connectivity index (χ3v) is 6.15. The van der Waals surface area contributed by atoms with Crippen LogP contribution in [0.3, 0.4) is 0 Å². The number of nitrogens with zero attached hydrogens (tertiary/aromatic N) is 1. The molecule has 33 heavy (non-hydrogen) atoms. The lowest BCUT2D eigenvalue weighted by molar-refractivity contribution is -0.139. The van der Waals surface area contributed by atoms with Gasteiger partial charge in [-0.2, -0.15) is 13.2 Å². The van der Waals surface area contributed by atoms with Crippen LogP contribution in [0.15, 0.2) is 60.0 Å². The van der Waals surface area contributed by atoms with Crippen molar-refractivity contribution in [2.24, 2.45) is 0 Å². The standard InChI is InChI=1S/C24H21F3N2O3S/c1-2-19-23(31)29(13-15-5-3-6-17(11-15)24(25,26)27)14-16-12-18(8-9-20(16)32-19)28-22(30)21-7-4-10-33-21/h3-12,19H,2,13-14H2,1H3,(H,28,30)/t19-/m1/s1. The maximum absolute atomic E-state index is 13.1. The van der Waals surface area contributed by atoms with Crippen molar-refractivity contribution < 1.29 is 27.5 Å². The highest BCUT2D eigenvalue weighted by Crippen LogP contribution is 2.32. The molecule has 0 radical (unpaired) electrons. The van der Waals surface area contributed by atoms with Crippen LogP contribution in [0.1, 0.15) is 39.7 Å². The molecule has 2 amide bonds. The fourth-order valence-electron chi connectivity index (χ4n) is 3.65. The zero-order chi connectivity index (χ0) is 23.6. The van der Waals surface area contributed by atoms with Crippen LogP contribution in [0.5, 0.6) is 5.75 Å². The van der Waals surface area contributed by atoms with E-state index < -0.39 is 17.8 Å². The number of halogens is 3. The summed E-state index contributed by atoms with van der Waals surface area (Å²) in [4.78, 5) is 27.5. The number of carbonyl (C=O) groups excluding carboxylic acids is 2. The van der Waals surface area contributed by atoms with Gasteiger partial charge in [0.15, 0.2) is 6.10 Å². The Morgan fingerprint density at radius 3 is 2.70 bits per heavy atom. The molecule has 2 aromatic carbocycles. The number of amides is 2. The summed E-state index contributed by atoms with van der Waals surface area (Å²) in [7, 11) is 0. The summed E-state index contributed by atoms with van der Waals surface area (Å²) in [5.41, 5.74) is 0.815. The molecule has 0 fully saturated rings. The molecule has 0 saturated carbocycles. The Kier molecular flexibility index (Phi) is 6.42. The molecule has 9 heteroatoms. The van der Waals surface area contributed by atoms with E-state index in [1.54, 1.807) is 36.4 Å². The summed E-state index contributed by atoms with van der Waals surface area (Å²) in [6.07, 6.45) is -4.80. The van der Waals surface area contributed by atoms with E-state index in [1.165, 1.54) is 22.3 Å². The first-order valence-corrected chi connectivity index (χ1v) is 11.2. The maximum atomic E-state index is 13.1. The smallest absolute Gasteiger partial charge is 0.416 e. The van der Waals surface area contributed by atoms with Crippen molar-refractivity contribution in [2.45, 2.75) is 38.7 Å². The topological polar surface area (TPSA) is 58.6 Å². The Balaban J connectivity index is 1.60. The molecule has 172 valence electrons. The highest BCUT2D eigenvalue weighted by Gasteiger charge is 2.32. The number of anilines is 1. The molecule has 2 heterocycles. The summed E-state index contributed by atoms with van der Waals surface area (Å²) in [5, 5.41) is 4.63. The molecule has 0 aliphatic carbocycles.